The Labute approximate surface area is 160 Å². The maximum atomic E-state index is 10.6. The third kappa shape index (κ3) is 7.35. The Bertz CT molecular complexity index is 562. The minimum absolute atomic E-state index is 0.0401. The maximum absolute atomic E-state index is 10.6. The van der Waals surface area contributed by atoms with Crippen molar-refractivity contribution in [2.24, 2.45) is 5.92 Å². The summed E-state index contributed by atoms with van der Waals surface area (Å²) in [5, 5.41) is 30.2. The quantitative estimate of drug-likeness (QED) is 0.168. The molecule has 0 heterocycles. The third-order valence-electron chi connectivity index (χ3n) is 4.87. The number of hydrogen-bond acceptors (Lipinski definition) is 3. The normalized spacial score (nSPS) is 20.3. The fourth-order valence-electron chi connectivity index (χ4n) is 2.98. The van der Waals surface area contributed by atoms with Gasteiger partial charge in [-0.1, -0.05) is 44.6 Å². The Kier molecular flexibility index (Phi) is 11.2. The van der Waals surface area contributed by atoms with Crippen LogP contribution < -0.4 is 0 Å². The van der Waals surface area contributed by atoms with Gasteiger partial charge in [-0.15, -0.1) is 6.58 Å². The Balaban J connectivity index is 0.00000194. The molecular weight excluding hydrogens is 324 g/mol. The highest BCUT2D eigenvalue weighted by molar-refractivity contribution is 5.42. The first-order valence-electron chi connectivity index (χ1n) is 9.61. The van der Waals surface area contributed by atoms with E-state index in [0.29, 0.717) is 24.2 Å². The Morgan fingerprint density at radius 2 is 1.88 bits per heavy atom. The van der Waals surface area contributed by atoms with Gasteiger partial charge >= 0.3 is 0 Å². The molecule has 1 atom stereocenters. The lowest BCUT2D eigenvalue weighted by atomic mass is 9.80. The minimum Gasteiger partial charge on any atom is -0.507 e. The van der Waals surface area contributed by atoms with Crippen molar-refractivity contribution >= 4 is 0 Å². The fourth-order valence-corrected chi connectivity index (χ4v) is 2.98. The summed E-state index contributed by atoms with van der Waals surface area (Å²) in [6.45, 7) is 17.1. The highest BCUT2D eigenvalue weighted by Gasteiger charge is 2.32. The van der Waals surface area contributed by atoms with E-state index < -0.39 is 5.79 Å². The first-order valence-corrected chi connectivity index (χ1v) is 9.61. The van der Waals surface area contributed by atoms with Crippen molar-refractivity contribution < 1.29 is 15.3 Å². The van der Waals surface area contributed by atoms with E-state index in [1.165, 1.54) is 0 Å². The van der Waals surface area contributed by atoms with E-state index in [0.717, 1.165) is 42.4 Å². The average Bonchev–Trinajstić information content (AvgIpc) is 2.60. The number of unbranched alkanes of at least 4 members (excludes halogenated alkanes) is 2. The van der Waals surface area contributed by atoms with Gasteiger partial charge in [0.1, 0.15) is 5.76 Å². The Morgan fingerprint density at radius 3 is 2.35 bits per heavy atom. The molecule has 1 rings (SSSR count). The van der Waals surface area contributed by atoms with Crippen molar-refractivity contribution in [2.45, 2.75) is 78.9 Å². The summed E-state index contributed by atoms with van der Waals surface area (Å²) in [5.74, 6) is -1.34. The molecule has 3 heteroatoms. The van der Waals surface area contributed by atoms with Crippen LogP contribution in [0.5, 0.6) is 0 Å². The number of aliphatic hydroxyl groups excluding tert-OH is 1. The van der Waals surface area contributed by atoms with Gasteiger partial charge in [0.2, 0.25) is 0 Å². The molecule has 0 radical (unpaired) electrons. The summed E-state index contributed by atoms with van der Waals surface area (Å²) < 4.78 is 0. The van der Waals surface area contributed by atoms with Crippen LogP contribution in [0.25, 0.3) is 0 Å². The van der Waals surface area contributed by atoms with E-state index in [1.807, 2.05) is 32.9 Å². The molecule has 3 N–H and O–H groups in total. The molecule has 26 heavy (non-hydrogen) atoms. The summed E-state index contributed by atoms with van der Waals surface area (Å²) in [6, 6.07) is 0. The van der Waals surface area contributed by atoms with E-state index in [9.17, 15) is 15.3 Å². The average molecular weight is 363 g/mol. The van der Waals surface area contributed by atoms with Crippen LogP contribution in [0.3, 0.4) is 0 Å². The van der Waals surface area contributed by atoms with Gasteiger partial charge in [-0.05, 0) is 69.2 Å². The maximum Gasteiger partial charge on any atom is 0.185 e. The van der Waals surface area contributed by atoms with E-state index >= 15 is 0 Å². The molecule has 0 spiro atoms. The summed E-state index contributed by atoms with van der Waals surface area (Å²) in [5.41, 5.74) is 3.17. The topological polar surface area (TPSA) is 60.7 Å². The second-order valence-corrected chi connectivity index (χ2v) is 6.99. The van der Waals surface area contributed by atoms with Crippen molar-refractivity contribution in [3.05, 3.63) is 59.4 Å². The highest BCUT2D eigenvalue weighted by Crippen LogP contribution is 2.36. The Hall–Kier alpha value is -1.58. The van der Waals surface area contributed by atoms with Gasteiger partial charge in [0, 0.05) is 12.3 Å². The number of hydrogen-bond donors (Lipinski definition) is 3. The molecule has 0 fully saturated rings. The zero-order valence-electron chi connectivity index (χ0n) is 17.3. The van der Waals surface area contributed by atoms with E-state index in [-0.39, 0.29) is 5.92 Å². The van der Waals surface area contributed by atoms with E-state index in [2.05, 4.69) is 20.1 Å². The van der Waals surface area contributed by atoms with Crippen molar-refractivity contribution in [3.8, 4) is 0 Å². The van der Waals surface area contributed by atoms with Crippen LogP contribution in [0.15, 0.2) is 59.4 Å². The third-order valence-corrected chi connectivity index (χ3v) is 4.87. The minimum atomic E-state index is -1.70. The van der Waals surface area contributed by atoms with Gasteiger partial charge in [0.25, 0.3) is 0 Å². The highest BCUT2D eigenvalue weighted by atomic mass is 16.5. The standard InChI is InChI=1S/C20H32O3.C3H6/c1-6-8-9-10-17(7-2)19(21)16(5)15(4)18-11-12-20(22,23)14(3)13-18;1-3-2/h7,13,18,21-23H,4,6,8-12H2,1-3,5H3;3H,1H2,2H3/b17-7+,19-16+;. The molecule has 0 amide bonds. The molecule has 0 aromatic heterocycles. The van der Waals surface area contributed by atoms with Gasteiger partial charge in [0.05, 0.1) is 0 Å². The number of rotatable bonds is 7. The molecule has 0 aliphatic heterocycles. The van der Waals surface area contributed by atoms with Gasteiger partial charge < -0.3 is 15.3 Å². The van der Waals surface area contributed by atoms with Crippen LogP contribution in [-0.2, 0) is 0 Å². The summed E-state index contributed by atoms with van der Waals surface area (Å²) in [6.07, 6.45) is 10.7. The van der Waals surface area contributed by atoms with Gasteiger partial charge in [-0.25, -0.2) is 0 Å². The van der Waals surface area contributed by atoms with Crippen LogP contribution in [0.4, 0.5) is 0 Å². The molecule has 0 aromatic carbocycles. The van der Waals surface area contributed by atoms with Crippen LogP contribution in [0.1, 0.15) is 73.1 Å². The Morgan fingerprint density at radius 1 is 1.31 bits per heavy atom. The lowest BCUT2D eigenvalue weighted by molar-refractivity contribution is -0.138. The SMILES string of the molecule is C=C(/C(C)=C(O)\C(=C\C)CCCCC)C1C=C(C)C(O)(O)CC1.C=CC. The molecule has 1 unspecified atom stereocenters. The van der Waals surface area contributed by atoms with Crippen LogP contribution in [-0.4, -0.2) is 21.1 Å². The zero-order chi connectivity index (χ0) is 20.3. The summed E-state index contributed by atoms with van der Waals surface area (Å²) >= 11 is 0. The lowest BCUT2D eigenvalue weighted by Crippen LogP contribution is -2.34. The first kappa shape index (κ1) is 24.4. The van der Waals surface area contributed by atoms with Crippen LogP contribution in [0.2, 0.25) is 0 Å². The van der Waals surface area contributed by atoms with Crippen LogP contribution >= 0.6 is 0 Å². The van der Waals surface area contributed by atoms with Crippen molar-refractivity contribution in [2.75, 3.05) is 0 Å². The first-order chi connectivity index (χ1) is 12.2. The predicted molar refractivity (Wildman–Crippen MR) is 112 cm³/mol. The molecule has 0 bridgehead atoms. The second kappa shape index (κ2) is 11.9. The molecule has 0 saturated carbocycles. The van der Waals surface area contributed by atoms with Gasteiger partial charge in [-0.3, -0.25) is 0 Å². The fraction of sp³-hybridized carbons (Fsp3) is 0.565. The van der Waals surface area contributed by atoms with Gasteiger partial charge in [-0.2, -0.15) is 0 Å². The predicted octanol–water partition coefficient (Wildman–Crippen LogP) is 6.13. The summed E-state index contributed by atoms with van der Waals surface area (Å²) in [7, 11) is 0. The second-order valence-electron chi connectivity index (χ2n) is 6.99. The molecule has 1 aliphatic rings. The van der Waals surface area contributed by atoms with Crippen LogP contribution in [0, 0.1) is 5.92 Å². The monoisotopic (exact) mass is 362 g/mol. The van der Waals surface area contributed by atoms with E-state index in [4.69, 9.17) is 0 Å². The van der Waals surface area contributed by atoms with Crippen molar-refractivity contribution in [3.63, 3.8) is 0 Å². The number of allylic oxidation sites excluding steroid dienone is 6. The molecule has 0 aromatic rings. The smallest absolute Gasteiger partial charge is 0.185 e. The zero-order valence-corrected chi connectivity index (χ0v) is 17.3. The molecular formula is C23H38O3. The number of aliphatic hydroxyl groups is 3. The largest absolute Gasteiger partial charge is 0.507 e. The molecule has 148 valence electrons. The van der Waals surface area contributed by atoms with Crippen molar-refractivity contribution in [1.29, 1.82) is 0 Å². The summed E-state index contributed by atoms with van der Waals surface area (Å²) in [4.78, 5) is 0. The van der Waals surface area contributed by atoms with Crippen molar-refractivity contribution in [1.82, 2.24) is 0 Å². The molecule has 3 nitrogen and oxygen atoms in total. The molecule has 0 saturated heterocycles. The van der Waals surface area contributed by atoms with Gasteiger partial charge in [0.15, 0.2) is 5.79 Å². The van der Waals surface area contributed by atoms with E-state index in [1.54, 1.807) is 13.0 Å². The molecule has 1 aliphatic carbocycles. The lowest BCUT2D eigenvalue weighted by Gasteiger charge is -2.32.